The number of benzene rings is 1. The summed E-state index contributed by atoms with van der Waals surface area (Å²) >= 11 is 0. The zero-order valence-corrected chi connectivity index (χ0v) is 11.5. The van der Waals surface area contributed by atoms with Crippen molar-refractivity contribution in [1.82, 2.24) is 5.32 Å². The molecule has 1 aromatic rings. The van der Waals surface area contributed by atoms with E-state index in [1.807, 2.05) is 18.2 Å². The van der Waals surface area contributed by atoms with Crippen molar-refractivity contribution in [3.05, 3.63) is 29.8 Å². The van der Waals surface area contributed by atoms with E-state index >= 15 is 0 Å². The molecule has 0 aliphatic heterocycles. The molecule has 0 radical (unpaired) electrons. The van der Waals surface area contributed by atoms with Crippen LogP contribution in [0.25, 0.3) is 0 Å². The molecule has 0 spiro atoms. The van der Waals surface area contributed by atoms with Gasteiger partial charge in [-0.05, 0) is 13.0 Å². The number of hydrogen-bond acceptors (Lipinski definition) is 4. The summed E-state index contributed by atoms with van der Waals surface area (Å²) in [4.78, 5) is 11.6. The van der Waals surface area contributed by atoms with Gasteiger partial charge in [0.05, 0.1) is 7.11 Å². The summed E-state index contributed by atoms with van der Waals surface area (Å²) in [5.74, 6) is 0.146. The number of carbonyl (C=O) groups is 1. The van der Waals surface area contributed by atoms with Crippen LogP contribution in [0.4, 0.5) is 0 Å². The molecule has 1 aromatic carbocycles. The largest absolute Gasteiger partial charge is 0.496 e. The van der Waals surface area contributed by atoms with E-state index in [-0.39, 0.29) is 6.54 Å². The number of ether oxygens (including phenoxy) is 1. The maximum absolute atomic E-state index is 11.6. The highest BCUT2D eigenvalue weighted by molar-refractivity contribution is 7.92. The molecule has 1 N–H and O–H groups in total. The van der Waals surface area contributed by atoms with Crippen LogP contribution < -0.4 is 10.1 Å². The quantitative estimate of drug-likeness (QED) is 0.857. The van der Waals surface area contributed by atoms with Crippen LogP contribution in [0.1, 0.15) is 12.5 Å². The highest BCUT2D eigenvalue weighted by Crippen LogP contribution is 2.16. The van der Waals surface area contributed by atoms with Crippen molar-refractivity contribution in [3.8, 4) is 5.75 Å². The zero-order valence-electron chi connectivity index (χ0n) is 10.6. The highest BCUT2D eigenvalue weighted by atomic mass is 32.2. The lowest BCUT2D eigenvalue weighted by atomic mass is 10.2. The monoisotopic (exact) mass is 271 g/mol. The first-order valence-electron chi connectivity index (χ1n) is 5.44. The molecule has 0 aliphatic rings. The minimum atomic E-state index is -3.37. The first kappa shape index (κ1) is 14.5. The van der Waals surface area contributed by atoms with E-state index in [1.54, 1.807) is 13.2 Å². The van der Waals surface area contributed by atoms with Gasteiger partial charge in [0.15, 0.2) is 9.84 Å². The lowest BCUT2D eigenvalue weighted by molar-refractivity contribution is -0.120. The molecule has 0 saturated carbocycles. The minimum Gasteiger partial charge on any atom is -0.496 e. The van der Waals surface area contributed by atoms with Gasteiger partial charge in [0.2, 0.25) is 5.91 Å². The lowest BCUT2D eigenvalue weighted by Gasteiger charge is -2.12. The Morgan fingerprint density at radius 1 is 1.39 bits per heavy atom. The molecule has 1 rings (SSSR count). The van der Waals surface area contributed by atoms with Crippen molar-refractivity contribution in [3.63, 3.8) is 0 Å². The average molecular weight is 271 g/mol. The second kappa shape index (κ2) is 5.86. The number of rotatable bonds is 5. The average Bonchev–Trinajstić information content (AvgIpc) is 2.34. The third kappa shape index (κ3) is 3.73. The van der Waals surface area contributed by atoms with Crippen LogP contribution in [0, 0.1) is 0 Å². The lowest BCUT2D eigenvalue weighted by Crippen LogP contribution is -2.37. The third-order valence-corrected chi connectivity index (χ3v) is 4.16. The fraction of sp³-hybridized carbons (Fsp3) is 0.417. The Balaban J connectivity index is 2.69. The molecule has 0 aromatic heterocycles. The van der Waals surface area contributed by atoms with Gasteiger partial charge in [0.1, 0.15) is 11.0 Å². The van der Waals surface area contributed by atoms with Crippen molar-refractivity contribution in [2.45, 2.75) is 18.7 Å². The first-order valence-corrected chi connectivity index (χ1v) is 7.40. The topological polar surface area (TPSA) is 72.5 Å². The predicted molar refractivity (Wildman–Crippen MR) is 69.1 cm³/mol. The number of amides is 1. The summed E-state index contributed by atoms with van der Waals surface area (Å²) in [6.07, 6.45) is 1.04. The van der Waals surface area contributed by atoms with Crippen molar-refractivity contribution < 1.29 is 17.9 Å². The highest BCUT2D eigenvalue weighted by Gasteiger charge is 2.23. The van der Waals surface area contributed by atoms with Gasteiger partial charge < -0.3 is 10.1 Å². The van der Waals surface area contributed by atoms with Gasteiger partial charge in [-0.1, -0.05) is 18.2 Å². The van der Waals surface area contributed by atoms with Crippen LogP contribution >= 0.6 is 0 Å². The first-order chi connectivity index (χ1) is 8.36. The number of nitrogens with one attached hydrogen (secondary N) is 1. The standard InChI is InChI=1S/C12H17NO4S/c1-9(18(3,15)16)12(14)13-8-10-6-4-5-7-11(10)17-2/h4-7,9H,8H2,1-3H3,(H,13,14). The van der Waals surface area contributed by atoms with E-state index in [1.165, 1.54) is 6.92 Å². The summed E-state index contributed by atoms with van der Waals surface area (Å²) in [6.45, 7) is 1.61. The van der Waals surface area contributed by atoms with Crippen LogP contribution in [-0.4, -0.2) is 32.9 Å². The van der Waals surface area contributed by atoms with Gasteiger partial charge in [0.25, 0.3) is 0 Å². The second-order valence-electron chi connectivity index (χ2n) is 4.00. The van der Waals surface area contributed by atoms with E-state index < -0.39 is 21.0 Å². The Bertz CT molecular complexity index is 525. The summed E-state index contributed by atoms with van der Waals surface area (Å²) in [6, 6.07) is 7.24. The van der Waals surface area contributed by atoms with E-state index in [0.717, 1.165) is 11.8 Å². The number of sulfone groups is 1. The third-order valence-electron chi connectivity index (χ3n) is 2.66. The Morgan fingerprint density at radius 2 is 2.00 bits per heavy atom. The maximum Gasteiger partial charge on any atom is 0.238 e. The minimum absolute atomic E-state index is 0.239. The maximum atomic E-state index is 11.6. The molecule has 0 saturated heterocycles. The Kier molecular flexibility index (Phi) is 4.72. The zero-order chi connectivity index (χ0) is 13.8. The van der Waals surface area contributed by atoms with Crippen molar-refractivity contribution in [2.75, 3.05) is 13.4 Å². The van der Waals surface area contributed by atoms with Gasteiger partial charge in [-0.2, -0.15) is 0 Å². The fourth-order valence-corrected chi connectivity index (χ4v) is 1.84. The molecule has 1 unspecified atom stereocenters. The molecular weight excluding hydrogens is 254 g/mol. The van der Waals surface area contributed by atoms with E-state index in [0.29, 0.717) is 5.75 Å². The van der Waals surface area contributed by atoms with Crippen LogP contribution in [0.2, 0.25) is 0 Å². The molecule has 1 amide bonds. The number of carbonyl (C=O) groups excluding carboxylic acids is 1. The molecule has 100 valence electrons. The molecule has 0 aliphatic carbocycles. The smallest absolute Gasteiger partial charge is 0.238 e. The molecule has 5 nitrogen and oxygen atoms in total. The van der Waals surface area contributed by atoms with Crippen molar-refractivity contribution in [2.24, 2.45) is 0 Å². The fourth-order valence-electron chi connectivity index (χ4n) is 1.37. The van der Waals surface area contributed by atoms with Crippen LogP contribution in [0.15, 0.2) is 24.3 Å². The second-order valence-corrected chi connectivity index (χ2v) is 6.37. The SMILES string of the molecule is COc1ccccc1CNC(=O)C(C)S(C)(=O)=O. The van der Waals surface area contributed by atoms with Gasteiger partial charge in [0, 0.05) is 18.4 Å². The summed E-state index contributed by atoms with van der Waals surface area (Å²) < 4.78 is 27.6. The van der Waals surface area contributed by atoms with Crippen molar-refractivity contribution in [1.29, 1.82) is 0 Å². The normalized spacial score (nSPS) is 12.8. The van der Waals surface area contributed by atoms with E-state index in [9.17, 15) is 13.2 Å². The Morgan fingerprint density at radius 3 is 2.56 bits per heavy atom. The molecule has 0 fully saturated rings. The van der Waals surface area contributed by atoms with Crippen LogP contribution in [-0.2, 0) is 21.2 Å². The summed E-state index contributed by atoms with van der Waals surface area (Å²) in [5.41, 5.74) is 0.800. The molecular formula is C12H17NO4S. The van der Waals surface area contributed by atoms with Gasteiger partial charge in [-0.3, -0.25) is 4.79 Å². The molecule has 0 heterocycles. The summed E-state index contributed by atoms with van der Waals surface area (Å²) in [7, 11) is -1.82. The van der Waals surface area contributed by atoms with E-state index in [4.69, 9.17) is 4.74 Å². The van der Waals surface area contributed by atoms with Crippen molar-refractivity contribution >= 4 is 15.7 Å². The van der Waals surface area contributed by atoms with Crippen LogP contribution in [0.5, 0.6) is 5.75 Å². The van der Waals surface area contributed by atoms with E-state index in [2.05, 4.69) is 5.32 Å². The summed E-state index contributed by atoms with van der Waals surface area (Å²) in [5, 5.41) is 1.53. The molecule has 6 heteroatoms. The Hall–Kier alpha value is -1.56. The molecule has 18 heavy (non-hydrogen) atoms. The Labute approximate surface area is 107 Å². The number of methoxy groups -OCH3 is 1. The van der Waals surface area contributed by atoms with Gasteiger partial charge in [-0.15, -0.1) is 0 Å². The van der Waals surface area contributed by atoms with Crippen LogP contribution in [0.3, 0.4) is 0 Å². The number of para-hydroxylation sites is 1. The van der Waals surface area contributed by atoms with Gasteiger partial charge in [-0.25, -0.2) is 8.42 Å². The number of hydrogen-bond donors (Lipinski definition) is 1. The predicted octanol–water partition coefficient (Wildman–Crippen LogP) is 0.744. The molecule has 0 bridgehead atoms. The molecule has 1 atom stereocenters. The van der Waals surface area contributed by atoms with Gasteiger partial charge >= 0.3 is 0 Å².